The molecule has 0 aliphatic carbocycles. The summed E-state index contributed by atoms with van der Waals surface area (Å²) in [5.41, 5.74) is 1.27. The number of hydrogen-bond donors (Lipinski definition) is 2. The molecule has 1 aromatic heterocycles. The van der Waals surface area contributed by atoms with Gasteiger partial charge in [-0.2, -0.15) is 0 Å². The van der Waals surface area contributed by atoms with E-state index in [0.717, 1.165) is 11.3 Å². The van der Waals surface area contributed by atoms with Gasteiger partial charge in [0.15, 0.2) is 11.0 Å². The normalized spacial score (nSPS) is 11.5. The summed E-state index contributed by atoms with van der Waals surface area (Å²) in [6.45, 7) is 1.81. The number of amides is 2. The van der Waals surface area contributed by atoms with Crippen LogP contribution in [-0.2, 0) is 23.1 Å². The van der Waals surface area contributed by atoms with Crippen molar-refractivity contribution in [1.29, 1.82) is 0 Å². The van der Waals surface area contributed by atoms with Crippen LogP contribution in [-0.4, -0.2) is 44.4 Å². The van der Waals surface area contributed by atoms with Crippen molar-refractivity contribution in [3.63, 3.8) is 0 Å². The molecule has 2 amide bonds. The number of non-ortho nitro benzene ring substituents is 1. The zero-order valence-electron chi connectivity index (χ0n) is 18.8. The molecule has 0 spiro atoms. The Morgan fingerprint density at radius 2 is 1.79 bits per heavy atom. The van der Waals surface area contributed by atoms with Crippen molar-refractivity contribution < 1.29 is 19.2 Å². The maximum atomic E-state index is 12.4. The summed E-state index contributed by atoms with van der Waals surface area (Å²) in [5, 5.41) is 25.1. The van der Waals surface area contributed by atoms with Gasteiger partial charge in [-0.3, -0.25) is 19.7 Å². The number of aromatic nitrogens is 3. The van der Waals surface area contributed by atoms with E-state index in [1.165, 1.54) is 36.0 Å². The van der Waals surface area contributed by atoms with E-state index < -0.39 is 4.92 Å². The second kappa shape index (κ2) is 11.3. The van der Waals surface area contributed by atoms with Gasteiger partial charge in [0.1, 0.15) is 5.75 Å². The molecule has 11 nitrogen and oxygen atoms in total. The number of ether oxygens (including phenoxy) is 1. The van der Waals surface area contributed by atoms with Crippen LogP contribution in [0, 0.1) is 10.1 Å². The van der Waals surface area contributed by atoms with Crippen LogP contribution in [0.3, 0.4) is 0 Å². The fourth-order valence-electron chi connectivity index (χ4n) is 3.11. The van der Waals surface area contributed by atoms with Gasteiger partial charge in [-0.15, -0.1) is 10.2 Å². The number of methoxy groups -OCH3 is 1. The van der Waals surface area contributed by atoms with Crippen molar-refractivity contribution in [3.05, 3.63) is 70.0 Å². The van der Waals surface area contributed by atoms with E-state index in [2.05, 4.69) is 20.8 Å². The van der Waals surface area contributed by atoms with Crippen LogP contribution in [0.1, 0.15) is 24.4 Å². The molecule has 3 rings (SSSR count). The molecule has 0 bridgehead atoms. The van der Waals surface area contributed by atoms with Gasteiger partial charge in [0, 0.05) is 24.9 Å². The van der Waals surface area contributed by atoms with Crippen LogP contribution in [0.5, 0.6) is 5.75 Å². The number of rotatable bonds is 10. The predicted molar refractivity (Wildman–Crippen MR) is 127 cm³/mol. The Bertz CT molecular complexity index is 1160. The third-order valence-electron chi connectivity index (χ3n) is 4.85. The first-order chi connectivity index (χ1) is 16.3. The van der Waals surface area contributed by atoms with Crippen LogP contribution >= 0.6 is 11.8 Å². The molecule has 2 N–H and O–H groups in total. The van der Waals surface area contributed by atoms with Gasteiger partial charge >= 0.3 is 0 Å². The minimum atomic E-state index is -0.504. The smallest absolute Gasteiger partial charge is 0.269 e. The lowest BCUT2D eigenvalue weighted by molar-refractivity contribution is -0.384. The minimum absolute atomic E-state index is 0.0517. The van der Waals surface area contributed by atoms with Crippen molar-refractivity contribution in [2.75, 3.05) is 18.2 Å². The lowest BCUT2D eigenvalue weighted by Gasteiger charge is -2.14. The zero-order valence-corrected chi connectivity index (χ0v) is 19.7. The van der Waals surface area contributed by atoms with Crippen LogP contribution < -0.4 is 15.4 Å². The standard InChI is InChI=1S/C22H24N6O5S/c1-14(23-19(29)12-15-4-10-18(33-3)11-5-15)21-25-26-22(27(21)2)34-13-20(30)24-16-6-8-17(9-7-16)28(31)32/h4-11,14H,12-13H2,1-3H3,(H,23,29)(H,24,30)/t14-/m1/s1. The molecule has 0 aliphatic rings. The number of nitro benzene ring substituents is 1. The van der Waals surface area contributed by atoms with E-state index in [1.54, 1.807) is 30.9 Å². The Balaban J connectivity index is 1.51. The Morgan fingerprint density at radius 1 is 1.12 bits per heavy atom. The largest absolute Gasteiger partial charge is 0.497 e. The number of anilines is 1. The summed E-state index contributed by atoms with van der Waals surface area (Å²) in [4.78, 5) is 34.9. The molecule has 3 aromatic rings. The topological polar surface area (TPSA) is 141 Å². The van der Waals surface area contributed by atoms with Crippen LogP contribution in [0.4, 0.5) is 11.4 Å². The van der Waals surface area contributed by atoms with E-state index in [4.69, 9.17) is 4.74 Å². The Hall–Kier alpha value is -3.93. The number of benzene rings is 2. The summed E-state index contributed by atoms with van der Waals surface area (Å²) < 4.78 is 6.84. The second-order valence-corrected chi connectivity index (χ2v) is 8.30. The van der Waals surface area contributed by atoms with Crippen LogP contribution in [0.25, 0.3) is 0 Å². The summed E-state index contributed by atoms with van der Waals surface area (Å²) >= 11 is 1.19. The van der Waals surface area contributed by atoms with Gasteiger partial charge in [-0.05, 0) is 36.8 Å². The number of carbonyl (C=O) groups is 2. The molecule has 12 heteroatoms. The highest BCUT2D eigenvalue weighted by atomic mass is 32.2. The molecular weight excluding hydrogens is 460 g/mol. The highest BCUT2D eigenvalue weighted by molar-refractivity contribution is 7.99. The number of thioether (sulfide) groups is 1. The number of nitrogens with zero attached hydrogens (tertiary/aromatic N) is 4. The van der Waals surface area contributed by atoms with Crippen LogP contribution in [0.15, 0.2) is 53.7 Å². The molecule has 0 radical (unpaired) electrons. The Morgan fingerprint density at radius 3 is 2.41 bits per heavy atom. The molecule has 1 atom stereocenters. The third kappa shape index (κ3) is 6.54. The average molecular weight is 485 g/mol. The molecule has 0 saturated heterocycles. The molecule has 0 saturated carbocycles. The summed E-state index contributed by atoms with van der Waals surface area (Å²) in [5.74, 6) is 0.910. The SMILES string of the molecule is COc1ccc(CC(=O)N[C@H](C)c2nnc(SCC(=O)Nc3ccc([N+](=O)[O-])cc3)n2C)cc1. The summed E-state index contributed by atoms with van der Waals surface area (Å²) in [6, 6.07) is 12.5. The van der Waals surface area contributed by atoms with Crippen molar-refractivity contribution >= 4 is 35.0 Å². The quantitative estimate of drug-likeness (QED) is 0.254. The van der Waals surface area contributed by atoms with E-state index in [1.807, 2.05) is 19.1 Å². The lowest BCUT2D eigenvalue weighted by atomic mass is 10.1. The average Bonchev–Trinajstić information content (AvgIpc) is 3.18. The highest BCUT2D eigenvalue weighted by Gasteiger charge is 2.18. The van der Waals surface area contributed by atoms with Crippen LogP contribution in [0.2, 0.25) is 0 Å². The van der Waals surface area contributed by atoms with Crippen molar-refractivity contribution in [2.24, 2.45) is 7.05 Å². The molecule has 34 heavy (non-hydrogen) atoms. The minimum Gasteiger partial charge on any atom is -0.497 e. The van der Waals surface area contributed by atoms with E-state index in [0.29, 0.717) is 16.7 Å². The van der Waals surface area contributed by atoms with E-state index in [-0.39, 0.29) is 35.7 Å². The predicted octanol–water partition coefficient (Wildman–Crippen LogP) is 2.88. The van der Waals surface area contributed by atoms with Crippen molar-refractivity contribution in [1.82, 2.24) is 20.1 Å². The summed E-state index contributed by atoms with van der Waals surface area (Å²) in [7, 11) is 3.35. The van der Waals surface area contributed by atoms with Gasteiger partial charge in [-0.1, -0.05) is 23.9 Å². The number of hydrogen-bond acceptors (Lipinski definition) is 8. The number of nitrogens with one attached hydrogen (secondary N) is 2. The van der Waals surface area contributed by atoms with Gasteiger partial charge in [0.05, 0.1) is 30.2 Å². The molecule has 0 aliphatic heterocycles. The monoisotopic (exact) mass is 484 g/mol. The van der Waals surface area contributed by atoms with Gasteiger partial charge in [0.2, 0.25) is 11.8 Å². The summed E-state index contributed by atoms with van der Waals surface area (Å²) in [6.07, 6.45) is 0.219. The number of nitro groups is 1. The molecule has 2 aromatic carbocycles. The first-order valence-corrected chi connectivity index (χ1v) is 11.2. The zero-order chi connectivity index (χ0) is 24.7. The molecule has 1 heterocycles. The lowest BCUT2D eigenvalue weighted by Crippen LogP contribution is -2.29. The van der Waals surface area contributed by atoms with E-state index >= 15 is 0 Å². The highest BCUT2D eigenvalue weighted by Crippen LogP contribution is 2.20. The van der Waals surface area contributed by atoms with Crippen molar-refractivity contribution in [3.8, 4) is 5.75 Å². The number of carbonyl (C=O) groups excluding carboxylic acids is 2. The van der Waals surface area contributed by atoms with Gasteiger partial charge in [-0.25, -0.2) is 0 Å². The fourth-order valence-corrected chi connectivity index (χ4v) is 3.83. The van der Waals surface area contributed by atoms with Crippen molar-refractivity contribution in [2.45, 2.75) is 24.5 Å². The molecule has 178 valence electrons. The van der Waals surface area contributed by atoms with Gasteiger partial charge in [0.25, 0.3) is 5.69 Å². The maximum Gasteiger partial charge on any atom is 0.269 e. The van der Waals surface area contributed by atoms with E-state index in [9.17, 15) is 19.7 Å². The first kappa shape index (κ1) is 24.7. The third-order valence-corrected chi connectivity index (χ3v) is 5.87. The fraction of sp³-hybridized carbons (Fsp3) is 0.273. The molecule has 0 unspecified atom stereocenters. The maximum absolute atomic E-state index is 12.4. The Kier molecular flexibility index (Phi) is 8.19. The Labute approximate surface area is 200 Å². The first-order valence-electron chi connectivity index (χ1n) is 10.3. The second-order valence-electron chi connectivity index (χ2n) is 7.35. The molecular formula is C22H24N6O5S. The van der Waals surface area contributed by atoms with Gasteiger partial charge < -0.3 is 19.9 Å². The molecule has 0 fully saturated rings.